The molecule has 0 unspecified atom stereocenters. The van der Waals surface area contributed by atoms with Crippen molar-refractivity contribution in [2.24, 2.45) is 0 Å². The molecule has 0 saturated carbocycles. The van der Waals surface area contributed by atoms with E-state index in [1.165, 1.54) is 23.2 Å². The lowest BCUT2D eigenvalue weighted by molar-refractivity contribution is -0.127. The summed E-state index contributed by atoms with van der Waals surface area (Å²) in [5.74, 6) is -2.21. The van der Waals surface area contributed by atoms with Gasteiger partial charge in [0.25, 0.3) is 17.6 Å². The number of carbonyl (C=O) groups excluding carboxylic acids is 3. The van der Waals surface area contributed by atoms with Gasteiger partial charge in [-0.2, -0.15) is 0 Å². The SMILES string of the molecule is O=C(C(=O)N1CCN(C(=O)c2cccc(Br)c2S)CC1)c1c[nH]c2cccc(F)c12. The Labute approximate surface area is 185 Å². The number of thiol groups is 1. The Balaban J connectivity index is 1.46. The number of hydrogen-bond acceptors (Lipinski definition) is 4. The van der Waals surface area contributed by atoms with E-state index >= 15 is 0 Å². The van der Waals surface area contributed by atoms with Crippen molar-refractivity contribution in [2.45, 2.75) is 4.90 Å². The number of amides is 2. The van der Waals surface area contributed by atoms with Gasteiger partial charge in [0.15, 0.2) is 0 Å². The molecule has 2 heterocycles. The molecule has 154 valence electrons. The maximum absolute atomic E-state index is 14.2. The number of halogens is 2. The second-order valence-corrected chi connectivity index (χ2v) is 8.22. The van der Waals surface area contributed by atoms with Gasteiger partial charge in [-0.25, -0.2) is 4.39 Å². The number of carbonyl (C=O) groups is 3. The number of fused-ring (bicyclic) bond motifs is 1. The van der Waals surface area contributed by atoms with Crippen molar-refractivity contribution in [3.8, 4) is 0 Å². The first-order valence-corrected chi connectivity index (χ1v) is 10.5. The van der Waals surface area contributed by atoms with E-state index < -0.39 is 17.5 Å². The maximum atomic E-state index is 14.2. The van der Waals surface area contributed by atoms with Gasteiger partial charge in [0, 0.05) is 52.6 Å². The first-order chi connectivity index (χ1) is 14.4. The molecule has 1 N–H and O–H groups in total. The zero-order valence-electron chi connectivity index (χ0n) is 15.7. The summed E-state index contributed by atoms with van der Waals surface area (Å²) >= 11 is 7.74. The Bertz CT molecular complexity index is 1170. The van der Waals surface area contributed by atoms with E-state index in [1.54, 1.807) is 29.2 Å². The van der Waals surface area contributed by atoms with Crippen LogP contribution >= 0.6 is 28.6 Å². The van der Waals surface area contributed by atoms with Crippen molar-refractivity contribution >= 4 is 57.1 Å². The molecule has 4 rings (SSSR count). The zero-order valence-corrected chi connectivity index (χ0v) is 18.2. The minimum Gasteiger partial charge on any atom is -0.360 e. The van der Waals surface area contributed by atoms with Crippen molar-refractivity contribution in [3.63, 3.8) is 0 Å². The zero-order chi connectivity index (χ0) is 21.4. The van der Waals surface area contributed by atoms with Gasteiger partial charge in [-0.1, -0.05) is 12.1 Å². The van der Waals surface area contributed by atoms with E-state index in [2.05, 4.69) is 33.5 Å². The van der Waals surface area contributed by atoms with Crippen LogP contribution in [-0.4, -0.2) is 58.6 Å². The number of ketones is 1. The van der Waals surface area contributed by atoms with Crippen LogP contribution in [-0.2, 0) is 4.79 Å². The van der Waals surface area contributed by atoms with Gasteiger partial charge in [0.1, 0.15) is 5.82 Å². The molecule has 1 aliphatic heterocycles. The first kappa shape index (κ1) is 20.6. The number of H-pyrrole nitrogens is 1. The highest BCUT2D eigenvalue weighted by atomic mass is 79.9. The maximum Gasteiger partial charge on any atom is 0.295 e. The predicted octanol–water partition coefficient (Wildman–Crippen LogP) is 3.53. The van der Waals surface area contributed by atoms with Crippen LogP contribution in [0.4, 0.5) is 4.39 Å². The summed E-state index contributed by atoms with van der Waals surface area (Å²) in [6.07, 6.45) is 1.36. The highest BCUT2D eigenvalue weighted by molar-refractivity contribution is 9.10. The summed E-state index contributed by atoms with van der Waals surface area (Å²) in [5, 5.41) is 0.112. The van der Waals surface area contributed by atoms with Crippen LogP contribution in [0.15, 0.2) is 52.0 Å². The van der Waals surface area contributed by atoms with Crippen LogP contribution in [0.25, 0.3) is 10.9 Å². The summed E-state index contributed by atoms with van der Waals surface area (Å²) < 4.78 is 14.9. The van der Waals surface area contributed by atoms with Crippen LogP contribution in [0.3, 0.4) is 0 Å². The lowest BCUT2D eigenvalue weighted by Gasteiger charge is -2.34. The Morgan fingerprint density at radius 1 is 0.967 bits per heavy atom. The molecule has 9 heteroatoms. The molecular formula is C21H17BrFN3O3S. The molecule has 2 amide bonds. The molecule has 1 saturated heterocycles. The third kappa shape index (κ3) is 3.63. The summed E-state index contributed by atoms with van der Waals surface area (Å²) in [7, 11) is 0. The Hall–Kier alpha value is -2.65. The quantitative estimate of drug-likeness (QED) is 0.335. The molecule has 0 spiro atoms. The number of rotatable bonds is 3. The van der Waals surface area contributed by atoms with E-state index in [1.807, 2.05) is 0 Å². The van der Waals surface area contributed by atoms with Crippen LogP contribution in [0, 0.1) is 5.82 Å². The number of nitrogens with zero attached hydrogens (tertiary/aromatic N) is 2. The molecule has 1 aliphatic rings. The van der Waals surface area contributed by atoms with Gasteiger partial charge in [0.2, 0.25) is 0 Å². The van der Waals surface area contributed by atoms with Crippen LogP contribution in [0.5, 0.6) is 0 Å². The number of benzene rings is 2. The van der Waals surface area contributed by atoms with Gasteiger partial charge in [-0.05, 0) is 40.2 Å². The average Bonchev–Trinajstić information content (AvgIpc) is 3.20. The summed E-state index contributed by atoms with van der Waals surface area (Å²) in [5.41, 5.74) is 0.941. The molecule has 0 bridgehead atoms. The third-order valence-corrected chi connectivity index (χ3v) is 6.61. The third-order valence-electron chi connectivity index (χ3n) is 5.17. The monoisotopic (exact) mass is 489 g/mol. The number of nitrogens with one attached hydrogen (secondary N) is 1. The molecule has 2 aromatic carbocycles. The van der Waals surface area contributed by atoms with Crippen molar-refractivity contribution in [3.05, 3.63) is 64.0 Å². The Morgan fingerprint density at radius 3 is 2.37 bits per heavy atom. The summed E-state index contributed by atoms with van der Waals surface area (Å²) in [4.78, 5) is 44.6. The fourth-order valence-electron chi connectivity index (χ4n) is 3.55. The van der Waals surface area contributed by atoms with Gasteiger partial charge in [0.05, 0.1) is 11.1 Å². The molecule has 0 radical (unpaired) electrons. The van der Waals surface area contributed by atoms with E-state index in [0.29, 0.717) is 29.1 Å². The minimum absolute atomic E-state index is 0.0143. The van der Waals surface area contributed by atoms with Gasteiger partial charge < -0.3 is 14.8 Å². The predicted molar refractivity (Wildman–Crippen MR) is 116 cm³/mol. The lowest BCUT2D eigenvalue weighted by atomic mass is 10.1. The summed E-state index contributed by atoms with van der Waals surface area (Å²) in [6, 6.07) is 9.68. The highest BCUT2D eigenvalue weighted by Crippen LogP contribution is 2.26. The van der Waals surface area contributed by atoms with E-state index in [0.717, 1.165) is 4.47 Å². The lowest BCUT2D eigenvalue weighted by Crippen LogP contribution is -2.52. The number of hydrogen-bond donors (Lipinski definition) is 2. The smallest absolute Gasteiger partial charge is 0.295 e. The molecule has 1 fully saturated rings. The van der Waals surface area contributed by atoms with Gasteiger partial charge in [-0.3, -0.25) is 14.4 Å². The number of Topliss-reactive ketones (excluding diaryl/α,β-unsaturated/α-hetero) is 1. The minimum atomic E-state index is -0.768. The van der Waals surface area contributed by atoms with Crippen LogP contribution in [0.2, 0.25) is 0 Å². The van der Waals surface area contributed by atoms with Gasteiger partial charge in [-0.15, -0.1) is 12.6 Å². The second-order valence-electron chi connectivity index (χ2n) is 6.91. The number of aromatic nitrogens is 1. The van der Waals surface area contributed by atoms with Crippen molar-refractivity contribution in [1.29, 1.82) is 0 Å². The Kier molecular flexibility index (Phi) is 5.66. The molecule has 30 heavy (non-hydrogen) atoms. The molecule has 6 nitrogen and oxygen atoms in total. The van der Waals surface area contributed by atoms with Crippen molar-refractivity contribution in [1.82, 2.24) is 14.8 Å². The first-order valence-electron chi connectivity index (χ1n) is 9.24. The molecule has 0 atom stereocenters. The van der Waals surface area contributed by atoms with Crippen molar-refractivity contribution < 1.29 is 18.8 Å². The average molecular weight is 490 g/mol. The van der Waals surface area contributed by atoms with E-state index in [4.69, 9.17) is 0 Å². The van der Waals surface area contributed by atoms with E-state index in [-0.39, 0.29) is 29.9 Å². The molecule has 3 aromatic rings. The second kappa shape index (κ2) is 8.23. The molecule has 1 aromatic heterocycles. The fraction of sp³-hybridized carbons (Fsp3) is 0.190. The highest BCUT2D eigenvalue weighted by Gasteiger charge is 2.31. The molecule has 0 aliphatic carbocycles. The van der Waals surface area contributed by atoms with Crippen LogP contribution < -0.4 is 0 Å². The largest absolute Gasteiger partial charge is 0.360 e. The Morgan fingerprint density at radius 2 is 1.63 bits per heavy atom. The summed E-state index contributed by atoms with van der Waals surface area (Å²) in [6.45, 7) is 1.02. The fourth-order valence-corrected chi connectivity index (χ4v) is 4.16. The van der Waals surface area contributed by atoms with Crippen LogP contribution in [0.1, 0.15) is 20.7 Å². The van der Waals surface area contributed by atoms with Crippen molar-refractivity contribution in [2.75, 3.05) is 26.2 Å². The van der Waals surface area contributed by atoms with E-state index in [9.17, 15) is 18.8 Å². The standard InChI is InChI=1S/C21H17BrFN3O3S/c22-14-4-1-3-12(19(14)30)20(28)25-7-9-26(10-8-25)21(29)18(27)13-11-24-16-6-2-5-15(23)17(13)16/h1-6,11,24,30H,7-10H2. The number of aromatic amines is 1. The number of piperazine rings is 1. The topological polar surface area (TPSA) is 73.5 Å². The van der Waals surface area contributed by atoms with Gasteiger partial charge >= 0.3 is 0 Å². The normalized spacial score (nSPS) is 14.2. The molecular weight excluding hydrogens is 473 g/mol.